The van der Waals surface area contributed by atoms with Crippen LogP contribution in [0.2, 0.25) is 0 Å². The van der Waals surface area contributed by atoms with Gasteiger partial charge in [-0.3, -0.25) is 9.80 Å². The SMILES string of the molecule is O=C(O)c1ccc(CCN2C(=O)CCN2CCCCO)cc1. The molecular formula is C16H22N2O4. The van der Waals surface area contributed by atoms with Gasteiger partial charge in [0.25, 0.3) is 0 Å². The number of benzene rings is 1. The molecule has 6 nitrogen and oxygen atoms in total. The minimum absolute atomic E-state index is 0.131. The lowest BCUT2D eigenvalue weighted by Gasteiger charge is -2.28. The monoisotopic (exact) mass is 306 g/mol. The van der Waals surface area contributed by atoms with Crippen molar-refractivity contribution in [2.45, 2.75) is 25.7 Å². The van der Waals surface area contributed by atoms with E-state index in [4.69, 9.17) is 10.2 Å². The standard InChI is InChI=1S/C16H22N2O4/c19-12-2-1-9-17-10-8-15(20)18(17)11-7-13-3-5-14(6-4-13)16(21)22/h3-6,19H,1-2,7-12H2,(H,21,22). The summed E-state index contributed by atoms with van der Waals surface area (Å²) in [6.45, 7) is 2.30. The van der Waals surface area contributed by atoms with Crippen LogP contribution in [0, 0.1) is 0 Å². The molecule has 1 aliphatic heterocycles. The van der Waals surface area contributed by atoms with Crippen molar-refractivity contribution in [1.82, 2.24) is 10.0 Å². The molecule has 0 aliphatic carbocycles. The summed E-state index contributed by atoms with van der Waals surface area (Å²) in [7, 11) is 0. The summed E-state index contributed by atoms with van der Waals surface area (Å²) in [6.07, 6.45) is 2.85. The maximum atomic E-state index is 11.9. The molecule has 0 unspecified atom stereocenters. The van der Waals surface area contributed by atoms with E-state index in [0.29, 0.717) is 19.4 Å². The minimum Gasteiger partial charge on any atom is -0.478 e. The van der Waals surface area contributed by atoms with Crippen molar-refractivity contribution < 1.29 is 19.8 Å². The van der Waals surface area contributed by atoms with E-state index in [1.54, 1.807) is 29.3 Å². The van der Waals surface area contributed by atoms with Gasteiger partial charge in [-0.15, -0.1) is 0 Å². The Bertz CT molecular complexity index is 515. The average molecular weight is 306 g/mol. The van der Waals surface area contributed by atoms with Gasteiger partial charge < -0.3 is 10.2 Å². The van der Waals surface area contributed by atoms with Crippen LogP contribution in [0.15, 0.2) is 24.3 Å². The summed E-state index contributed by atoms with van der Waals surface area (Å²) in [5.41, 5.74) is 1.28. The summed E-state index contributed by atoms with van der Waals surface area (Å²) in [4.78, 5) is 22.8. The number of carboxylic acid groups (broad SMARTS) is 1. The van der Waals surface area contributed by atoms with Crippen molar-refractivity contribution in [2.75, 3.05) is 26.2 Å². The summed E-state index contributed by atoms with van der Waals surface area (Å²) < 4.78 is 0. The molecule has 22 heavy (non-hydrogen) atoms. The number of amides is 1. The van der Waals surface area contributed by atoms with Crippen LogP contribution in [-0.4, -0.2) is 58.3 Å². The molecule has 1 heterocycles. The van der Waals surface area contributed by atoms with E-state index in [-0.39, 0.29) is 18.1 Å². The molecule has 2 rings (SSSR count). The summed E-state index contributed by atoms with van der Waals surface area (Å²) >= 11 is 0. The highest BCUT2D eigenvalue weighted by Gasteiger charge is 2.27. The lowest BCUT2D eigenvalue weighted by molar-refractivity contribution is -0.137. The lowest BCUT2D eigenvalue weighted by atomic mass is 10.1. The van der Waals surface area contributed by atoms with Crippen LogP contribution in [0.5, 0.6) is 0 Å². The zero-order chi connectivity index (χ0) is 15.9. The number of aliphatic hydroxyl groups is 1. The number of aliphatic hydroxyl groups excluding tert-OH is 1. The van der Waals surface area contributed by atoms with Crippen LogP contribution >= 0.6 is 0 Å². The van der Waals surface area contributed by atoms with E-state index in [1.165, 1.54) is 0 Å². The smallest absolute Gasteiger partial charge is 0.335 e. The van der Waals surface area contributed by atoms with Gasteiger partial charge in [0, 0.05) is 32.7 Å². The van der Waals surface area contributed by atoms with Crippen LogP contribution in [-0.2, 0) is 11.2 Å². The van der Waals surface area contributed by atoms with Gasteiger partial charge in [-0.05, 0) is 37.0 Å². The third kappa shape index (κ3) is 4.29. The lowest BCUT2D eigenvalue weighted by Crippen LogP contribution is -2.40. The average Bonchev–Trinajstić information content (AvgIpc) is 2.86. The molecule has 0 spiro atoms. The van der Waals surface area contributed by atoms with Gasteiger partial charge >= 0.3 is 5.97 Å². The number of hydrogen-bond donors (Lipinski definition) is 2. The molecule has 1 aliphatic rings. The van der Waals surface area contributed by atoms with Crippen LogP contribution in [0.4, 0.5) is 0 Å². The Morgan fingerprint density at radius 2 is 1.86 bits per heavy atom. The number of hydrazine groups is 1. The van der Waals surface area contributed by atoms with Crippen molar-refractivity contribution in [2.24, 2.45) is 0 Å². The molecule has 0 aromatic heterocycles. The first kappa shape index (κ1) is 16.5. The van der Waals surface area contributed by atoms with Crippen LogP contribution < -0.4 is 0 Å². The quantitative estimate of drug-likeness (QED) is 0.704. The van der Waals surface area contributed by atoms with Crippen molar-refractivity contribution in [3.63, 3.8) is 0 Å². The number of aromatic carboxylic acids is 1. The second kappa shape index (κ2) is 7.91. The van der Waals surface area contributed by atoms with E-state index in [2.05, 4.69) is 0 Å². The molecule has 1 saturated heterocycles. The van der Waals surface area contributed by atoms with Gasteiger partial charge in [-0.2, -0.15) is 0 Å². The molecule has 1 amide bonds. The first-order valence-corrected chi connectivity index (χ1v) is 7.60. The second-order valence-corrected chi connectivity index (χ2v) is 5.40. The number of nitrogens with zero attached hydrogens (tertiary/aromatic N) is 2. The van der Waals surface area contributed by atoms with E-state index < -0.39 is 5.97 Å². The second-order valence-electron chi connectivity index (χ2n) is 5.40. The van der Waals surface area contributed by atoms with Gasteiger partial charge in [0.2, 0.25) is 5.91 Å². The van der Waals surface area contributed by atoms with Crippen molar-refractivity contribution >= 4 is 11.9 Å². The first-order chi connectivity index (χ1) is 10.6. The highest BCUT2D eigenvalue weighted by molar-refractivity contribution is 5.87. The van der Waals surface area contributed by atoms with Gasteiger partial charge in [0.1, 0.15) is 0 Å². The Kier molecular flexibility index (Phi) is 5.91. The fraction of sp³-hybridized carbons (Fsp3) is 0.500. The van der Waals surface area contributed by atoms with Gasteiger partial charge in [0.05, 0.1) is 5.56 Å². The fourth-order valence-electron chi connectivity index (χ4n) is 2.59. The molecule has 6 heteroatoms. The Morgan fingerprint density at radius 1 is 1.14 bits per heavy atom. The largest absolute Gasteiger partial charge is 0.478 e. The number of carboxylic acids is 1. The van der Waals surface area contributed by atoms with Gasteiger partial charge in [-0.1, -0.05) is 12.1 Å². The fourth-order valence-corrected chi connectivity index (χ4v) is 2.59. The van der Waals surface area contributed by atoms with E-state index in [9.17, 15) is 9.59 Å². The zero-order valence-corrected chi connectivity index (χ0v) is 12.6. The number of carbonyl (C=O) groups excluding carboxylic acids is 1. The third-order valence-electron chi connectivity index (χ3n) is 3.85. The number of rotatable bonds is 8. The molecule has 120 valence electrons. The van der Waals surface area contributed by atoms with Crippen molar-refractivity contribution in [3.05, 3.63) is 35.4 Å². The van der Waals surface area contributed by atoms with Crippen molar-refractivity contribution in [3.8, 4) is 0 Å². The summed E-state index contributed by atoms with van der Waals surface area (Å²) in [5.74, 6) is -0.803. The number of hydrogen-bond acceptors (Lipinski definition) is 4. The molecule has 1 aromatic rings. The highest BCUT2D eigenvalue weighted by atomic mass is 16.4. The Labute approximate surface area is 129 Å². The predicted molar refractivity (Wildman–Crippen MR) is 81.3 cm³/mol. The topological polar surface area (TPSA) is 81.1 Å². The van der Waals surface area contributed by atoms with E-state index >= 15 is 0 Å². The first-order valence-electron chi connectivity index (χ1n) is 7.60. The van der Waals surface area contributed by atoms with Crippen LogP contribution in [0.3, 0.4) is 0 Å². The summed E-state index contributed by atoms with van der Waals surface area (Å²) in [5, 5.41) is 21.5. The van der Waals surface area contributed by atoms with Gasteiger partial charge in [0.15, 0.2) is 0 Å². The van der Waals surface area contributed by atoms with Crippen LogP contribution in [0.25, 0.3) is 0 Å². The predicted octanol–water partition coefficient (Wildman–Crippen LogP) is 1.15. The minimum atomic E-state index is -0.934. The molecule has 0 radical (unpaired) electrons. The zero-order valence-electron chi connectivity index (χ0n) is 12.6. The molecule has 2 N–H and O–H groups in total. The Balaban J connectivity index is 1.87. The number of unbranched alkanes of at least 4 members (excludes halogenated alkanes) is 1. The maximum Gasteiger partial charge on any atom is 0.335 e. The molecule has 0 bridgehead atoms. The van der Waals surface area contributed by atoms with E-state index in [1.807, 2.05) is 5.01 Å². The Morgan fingerprint density at radius 3 is 2.50 bits per heavy atom. The molecular weight excluding hydrogens is 284 g/mol. The Hall–Kier alpha value is -1.92. The normalized spacial score (nSPS) is 15.5. The molecule has 0 saturated carbocycles. The molecule has 1 aromatic carbocycles. The highest BCUT2D eigenvalue weighted by Crippen LogP contribution is 2.15. The van der Waals surface area contributed by atoms with Crippen LogP contribution in [0.1, 0.15) is 35.2 Å². The molecule has 1 fully saturated rings. The maximum absolute atomic E-state index is 11.9. The number of carbonyl (C=O) groups is 2. The van der Waals surface area contributed by atoms with Gasteiger partial charge in [-0.25, -0.2) is 9.80 Å². The molecule has 0 atom stereocenters. The van der Waals surface area contributed by atoms with Crippen molar-refractivity contribution in [1.29, 1.82) is 0 Å². The third-order valence-corrected chi connectivity index (χ3v) is 3.85. The summed E-state index contributed by atoms with van der Waals surface area (Å²) in [6, 6.07) is 6.76. The van der Waals surface area contributed by atoms with E-state index in [0.717, 1.165) is 31.5 Å².